The van der Waals surface area contributed by atoms with E-state index < -0.39 is 0 Å². The zero-order chi connectivity index (χ0) is 13.9. The van der Waals surface area contributed by atoms with Crippen molar-refractivity contribution in [2.45, 2.75) is 19.8 Å². The van der Waals surface area contributed by atoms with Crippen LogP contribution in [0.2, 0.25) is 0 Å². The van der Waals surface area contributed by atoms with Crippen LogP contribution in [-0.2, 0) is 0 Å². The van der Waals surface area contributed by atoms with Gasteiger partial charge in [-0.1, -0.05) is 13.0 Å². The maximum Gasteiger partial charge on any atom is 0.321 e. The summed E-state index contributed by atoms with van der Waals surface area (Å²) in [7, 11) is 0. The quantitative estimate of drug-likeness (QED) is 0.862. The number of amides is 2. The summed E-state index contributed by atoms with van der Waals surface area (Å²) >= 11 is 0. The van der Waals surface area contributed by atoms with Gasteiger partial charge in [0, 0.05) is 18.8 Å². The molecule has 0 aromatic heterocycles. The molecule has 1 aromatic rings. The van der Waals surface area contributed by atoms with E-state index in [-0.39, 0.29) is 17.3 Å². The van der Waals surface area contributed by atoms with Gasteiger partial charge in [0.2, 0.25) is 0 Å². The van der Waals surface area contributed by atoms with Crippen LogP contribution in [0.15, 0.2) is 24.3 Å². The van der Waals surface area contributed by atoms with E-state index in [1.54, 1.807) is 17.0 Å². The zero-order valence-corrected chi connectivity index (χ0v) is 11.2. The SMILES string of the molecule is CC1(CN)CCN(C(=O)Nc2cccc(F)c2)CC1. The van der Waals surface area contributed by atoms with Gasteiger partial charge in [0.25, 0.3) is 0 Å². The third-order valence-corrected chi connectivity index (χ3v) is 3.83. The average Bonchev–Trinajstić information content (AvgIpc) is 2.39. The molecule has 1 heterocycles. The number of hydrogen-bond donors (Lipinski definition) is 2. The molecule has 4 nitrogen and oxygen atoms in total. The Balaban J connectivity index is 1.92. The first kappa shape index (κ1) is 13.8. The van der Waals surface area contributed by atoms with Crippen LogP contribution in [0.1, 0.15) is 19.8 Å². The fourth-order valence-corrected chi connectivity index (χ4v) is 2.22. The minimum absolute atomic E-state index is 0.135. The highest BCUT2D eigenvalue weighted by Crippen LogP contribution is 2.29. The maximum absolute atomic E-state index is 13.0. The Kier molecular flexibility index (Phi) is 4.04. The van der Waals surface area contributed by atoms with Gasteiger partial charge in [0.15, 0.2) is 0 Å². The maximum atomic E-state index is 13.0. The summed E-state index contributed by atoms with van der Waals surface area (Å²) in [6.45, 7) is 4.17. The van der Waals surface area contributed by atoms with Crippen LogP contribution in [0.3, 0.4) is 0 Å². The number of nitrogens with zero attached hydrogens (tertiary/aromatic N) is 1. The van der Waals surface area contributed by atoms with Crippen LogP contribution < -0.4 is 11.1 Å². The van der Waals surface area contributed by atoms with Crippen LogP contribution in [0.25, 0.3) is 0 Å². The molecule has 1 fully saturated rings. The largest absolute Gasteiger partial charge is 0.330 e. The van der Waals surface area contributed by atoms with Crippen molar-refractivity contribution in [3.05, 3.63) is 30.1 Å². The summed E-state index contributed by atoms with van der Waals surface area (Å²) < 4.78 is 13.0. The fourth-order valence-electron chi connectivity index (χ4n) is 2.22. The minimum Gasteiger partial charge on any atom is -0.330 e. The molecule has 0 saturated carbocycles. The molecule has 0 aliphatic carbocycles. The van der Waals surface area contributed by atoms with E-state index in [0.717, 1.165) is 12.8 Å². The smallest absolute Gasteiger partial charge is 0.321 e. The molecular formula is C14H20FN3O. The van der Waals surface area contributed by atoms with Gasteiger partial charge < -0.3 is 16.0 Å². The normalized spacial score (nSPS) is 18.2. The Hall–Kier alpha value is -1.62. The predicted molar refractivity (Wildman–Crippen MR) is 73.4 cm³/mol. The molecule has 0 spiro atoms. The Morgan fingerprint density at radius 3 is 2.74 bits per heavy atom. The van der Waals surface area contributed by atoms with Crippen molar-refractivity contribution in [1.29, 1.82) is 0 Å². The van der Waals surface area contributed by atoms with E-state index in [4.69, 9.17) is 5.73 Å². The van der Waals surface area contributed by atoms with Crippen LogP contribution in [0.5, 0.6) is 0 Å². The first-order valence-corrected chi connectivity index (χ1v) is 6.54. The predicted octanol–water partition coefficient (Wildman–Crippen LogP) is 2.42. The van der Waals surface area contributed by atoms with E-state index in [0.29, 0.717) is 25.3 Å². The van der Waals surface area contributed by atoms with Crippen molar-refractivity contribution in [2.75, 3.05) is 25.0 Å². The lowest BCUT2D eigenvalue weighted by Gasteiger charge is -2.38. The van der Waals surface area contributed by atoms with Gasteiger partial charge in [0.05, 0.1) is 0 Å². The summed E-state index contributed by atoms with van der Waals surface area (Å²) in [4.78, 5) is 13.8. The van der Waals surface area contributed by atoms with Crippen molar-refractivity contribution in [3.8, 4) is 0 Å². The van der Waals surface area contributed by atoms with Crippen LogP contribution in [-0.4, -0.2) is 30.6 Å². The molecule has 1 aliphatic rings. The number of anilines is 1. The molecular weight excluding hydrogens is 245 g/mol. The molecule has 0 atom stereocenters. The lowest BCUT2D eigenvalue weighted by atomic mass is 9.81. The second-order valence-electron chi connectivity index (χ2n) is 5.44. The number of rotatable bonds is 2. The molecule has 1 aromatic carbocycles. The number of urea groups is 1. The molecule has 0 unspecified atom stereocenters. The van der Waals surface area contributed by atoms with Gasteiger partial charge >= 0.3 is 6.03 Å². The number of carbonyl (C=O) groups is 1. The van der Waals surface area contributed by atoms with E-state index in [1.165, 1.54) is 12.1 Å². The summed E-state index contributed by atoms with van der Waals surface area (Å²) in [6.07, 6.45) is 1.81. The number of likely N-dealkylation sites (tertiary alicyclic amines) is 1. The molecule has 1 saturated heterocycles. The lowest BCUT2D eigenvalue weighted by molar-refractivity contribution is 0.141. The third-order valence-electron chi connectivity index (χ3n) is 3.83. The molecule has 104 valence electrons. The Bertz CT molecular complexity index is 456. The highest BCUT2D eigenvalue weighted by molar-refractivity contribution is 5.89. The number of nitrogens with one attached hydrogen (secondary N) is 1. The third kappa shape index (κ3) is 3.44. The van der Waals surface area contributed by atoms with Crippen molar-refractivity contribution < 1.29 is 9.18 Å². The van der Waals surface area contributed by atoms with Gasteiger partial charge in [-0.2, -0.15) is 0 Å². The van der Waals surface area contributed by atoms with Gasteiger partial charge in [-0.3, -0.25) is 0 Å². The fraction of sp³-hybridized carbons (Fsp3) is 0.500. The number of nitrogens with two attached hydrogens (primary N) is 1. The monoisotopic (exact) mass is 265 g/mol. The van der Waals surface area contributed by atoms with Crippen LogP contribution in [0.4, 0.5) is 14.9 Å². The Morgan fingerprint density at radius 1 is 1.47 bits per heavy atom. The molecule has 19 heavy (non-hydrogen) atoms. The van der Waals surface area contributed by atoms with Gasteiger partial charge in [-0.05, 0) is 43.0 Å². The van der Waals surface area contributed by atoms with Crippen LogP contribution in [0, 0.1) is 11.2 Å². The van der Waals surface area contributed by atoms with Crippen molar-refractivity contribution >= 4 is 11.7 Å². The van der Waals surface area contributed by atoms with E-state index >= 15 is 0 Å². The Morgan fingerprint density at radius 2 is 2.16 bits per heavy atom. The molecule has 2 amide bonds. The molecule has 0 radical (unpaired) electrons. The summed E-state index contributed by atoms with van der Waals surface area (Å²) in [5, 5.41) is 2.71. The minimum atomic E-state index is -0.354. The first-order chi connectivity index (χ1) is 9.02. The number of benzene rings is 1. The van der Waals surface area contributed by atoms with E-state index in [1.807, 2.05) is 0 Å². The van der Waals surface area contributed by atoms with Crippen LogP contribution >= 0.6 is 0 Å². The topological polar surface area (TPSA) is 58.4 Å². The highest BCUT2D eigenvalue weighted by Gasteiger charge is 2.30. The summed E-state index contributed by atoms with van der Waals surface area (Å²) in [5.41, 5.74) is 6.36. The lowest BCUT2D eigenvalue weighted by Crippen LogP contribution is -2.46. The second kappa shape index (κ2) is 5.57. The Labute approximate surface area is 112 Å². The molecule has 3 N–H and O–H groups in total. The molecule has 1 aliphatic heterocycles. The number of piperidine rings is 1. The van der Waals surface area contributed by atoms with Crippen molar-refractivity contribution in [2.24, 2.45) is 11.1 Å². The molecule has 0 bridgehead atoms. The first-order valence-electron chi connectivity index (χ1n) is 6.54. The summed E-state index contributed by atoms with van der Waals surface area (Å²) in [6, 6.07) is 5.74. The number of hydrogen-bond acceptors (Lipinski definition) is 2. The number of carbonyl (C=O) groups excluding carboxylic acids is 1. The highest BCUT2D eigenvalue weighted by atomic mass is 19.1. The van der Waals surface area contributed by atoms with Crippen molar-refractivity contribution in [3.63, 3.8) is 0 Å². The molecule has 5 heteroatoms. The van der Waals surface area contributed by atoms with E-state index in [2.05, 4.69) is 12.2 Å². The standard InChI is InChI=1S/C14H20FN3O/c1-14(10-16)5-7-18(8-6-14)13(19)17-12-4-2-3-11(15)9-12/h2-4,9H,5-8,10,16H2,1H3,(H,17,19). The molecule has 2 rings (SSSR count). The second-order valence-corrected chi connectivity index (χ2v) is 5.44. The van der Waals surface area contributed by atoms with E-state index in [9.17, 15) is 9.18 Å². The number of halogens is 1. The average molecular weight is 265 g/mol. The van der Waals surface area contributed by atoms with Gasteiger partial charge in [0.1, 0.15) is 5.82 Å². The van der Waals surface area contributed by atoms with Crippen molar-refractivity contribution in [1.82, 2.24) is 4.90 Å². The summed E-state index contributed by atoms with van der Waals surface area (Å²) in [5.74, 6) is -0.354. The van der Waals surface area contributed by atoms with Gasteiger partial charge in [-0.15, -0.1) is 0 Å². The van der Waals surface area contributed by atoms with Gasteiger partial charge in [-0.25, -0.2) is 9.18 Å². The zero-order valence-electron chi connectivity index (χ0n) is 11.2.